The number of hydrogen-bond acceptors (Lipinski definition) is 3. The minimum absolute atomic E-state index is 0.0966. The normalized spacial score (nSPS) is 23.2. The van der Waals surface area contributed by atoms with Crippen molar-refractivity contribution < 1.29 is 9.59 Å². The number of halogens is 1. The lowest BCUT2D eigenvalue weighted by atomic mass is 9.92. The van der Waals surface area contributed by atoms with Crippen molar-refractivity contribution in [1.82, 2.24) is 0 Å². The maximum atomic E-state index is 11.3. The summed E-state index contributed by atoms with van der Waals surface area (Å²) in [6.07, 6.45) is 2.61. The van der Waals surface area contributed by atoms with Gasteiger partial charge in [0.1, 0.15) is 0 Å². The summed E-state index contributed by atoms with van der Waals surface area (Å²) in [6, 6.07) is 5.98. The molecule has 0 spiro atoms. The number of amides is 1. The van der Waals surface area contributed by atoms with Crippen LogP contribution in [0.5, 0.6) is 0 Å². The van der Waals surface area contributed by atoms with Gasteiger partial charge in [0.2, 0.25) is 5.91 Å². The molecule has 1 saturated heterocycles. The van der Waals surface area contributed by atoms with E-state index in [4.69, 9.17) is 5.73 Å². The summed E-state index contributed by atoms with van der Waals surface area (Å²) in [7, 11) is 0. The van der Waals surface area contributed by atoms with E-state index in [2.05, 4.69) is 27.8 Å². The van der Waals surface area contributed by atoms with Gasteiger partial charge in [-0.3, -0.25) is 9.59 Å². The Balaban J connectivity index is 2.25. The maximum Gasteiger partial charge on any atom is 0.222 e. The van der Waals surface area contributed by atoms with Crippen LogP contribution in [0, 0.1) is 5.92 Å². The summed E-state index contributed by atoms with van der Waals surface area (Å²) in [4.78, 5) is 24.3. The summed E-state index contributed by atoms with van der Waals surface area (Å²) in [5, 5.41) is 0. The van der Waals surface area contributed by atoms with Crippen molar-refractivity contribution in [2.45, 2.75) is 25.8 Å². The van der Waals surface area contributed by atoms with E-state index in [-0.39, 0.29) is 11.8 Å². The standard InChI is InChI=1S/C14H17BrN2O2/c1-9-2-3-10(14(16)19)7-17(9)12-5-4-11(8-18)13(15)6-12/h4-6,8-10H,2-3,7H2,1H3,(H2,16,19). The van der Waals surface area contributed by atoms with Crippen molar-refractivity contribution in [2.24, 2.45) is 11.7 Å². The van der Waals surface area contributed by atoms with Crippen LogP contribution in [-0.4, -0.2) is 24.8 Å². The fraction of sp³-hybridized carbons (Fsp3) is 0.429. The molecule has 5 heteroatoms. The average molecular weight is 325 g/mol. The molecule has 1 aliphatic rings. The number of nitrogens with zero attached hydrogens (tertiary/aromatic N) is 1. The van der Waals surface area contributed by atoms with Gasteiger partial charge in [-0.1, -0.05) is 0 Å². The number of piperidine rings is 1. The highest BCUT2D eigenvalue weighted by atomic mass is 79.9. The zero-order valence-electron chi connectivity index (χ0n) is 10.8. The molecule has 0 bridgehead atoms. The first kappa shape index (κ1) is 14.1. The van der Waals surface area contributed by atoms with Crippen LogP contribution in [0.3, 0.4) is 0 Å². The minimum Gasteiger partial charge on any atom is -0.369 e. The lowest BCUT2D eigenvalue weighted by Gasteiger charge is -2.38. The fourth-order valence-corrected chi connectivity index (χ4v) is 2.95. The molecule has 1 aliphatic heterocycles. The lowest BCUT2D eigenvalue weighted by molar-refractivity contribution is -0.122. The molecule has 102 valence electrons. The summed E-state index contributed by atoms with van der Waals surface area (Å²) >= 11 is 3.39. The highest BCUT2D eigenvalue weighted by molar-refractivity contribution is 9.10. The van der Waals surface area contributed by atoms with E-state index in [0.29, 0.717) is 18.2 Å². The van der Waals surface area contributed by atoms with Crippen molar-refractivity contribution in [3.8, 4) is 0 Å². The quantitative estimate of drug-likeness (QED) is 0.868. The molecule has 1 aromatic rings. The third-order valence-electron chi connectivity index (χ3n) is 3.73. The van der Waals surface area contributed by atoms with E-state index in [1.165, 1.54) is 0 Å². The first-order valence-corrected chi connectivity index (χ1v) is 7.13. The lowest BCUT2D eigenvalue weighted by Crippen LogP contribution is -2.45. The Morgan fingerprint density at radius 2 is 2.21 bits per heavy atom. The number of aldehydes is 1. The van der Waals surface area contributed by atoms with Crippen LogP contribution in [0.1, 0.15) is 30.1 Å². The Morgan fingerprint density at radius 1 is 1.47 bits per heavy atom. The van der Waals surface area contributed by atoms with Crippen LogP contribution in [0.25, 0.3) is 0 Å². The van der Waals surface area contributed by atoms with Gasteiger partial charge in [0, 0.05) is 28.3 Å². The predicted octanol–water partition coefficient (Wildman–Crippen LogP) is 2.35. The molecule has 2 atom stereocenters. The Morgan fingerprint density at radius 3 is 2.79 bits per heavy atom. The molecule has 2 N–H and O–H groups in total. The molecule has 19 heavy (non-hydrogen) atoms. The Bertz CT molecular complexity index is 504. The van der Waals surface area contributed by atoms with E-state index in [9.17, 15) is 9.59 Å². The van der Waals surface area contributed by atoms with Crippen molar-refractivity contribution >= 4 is 33.8 Å². The number of carbonyl (C=O) groups excluding carboxylic acids is 2. The molecular weight excluding hydrogens is 308 g/mol. The van der Waals surface area contributed by atoms with Crippen LogP contribution < -0.4 is 10.6 Å². The van der Waals surface area contributed by atoms with Gasteiger partial charge in [0.25, 0.3) is 0 Å². The van der Waals surface area contributed by atoms with E-state index < -0.39 is 0 Å². The van der Waals surface area contributed by atoms with Crippen molar-refractivity contribution in [1.29, 1.82) is 0 Å². The van der Waals surface area contributed by atoms with Crippen LogP contribution in [0.15, 0.2) is 22.7 Å². The molecule has 1 fully saturated rings. The summed E-state index contributed by atoms with van der Waals surface area (Å²) in [6.45, 7) is 2.78. The monoisotopic (exact) mass is 324 g/mol. The number of carbonyl (C=O) groups is 2. The van der Waals surface area contributed by atoms with Crippen LogP contribution >= 0.6 is 15.9 Å². The second kappa shape index (κ2) is 5.74. The van der Waals surface area contributed by atoms with Gasteiger partial charge in [-0.05, 0) is 53.9 Å². The maximum absolute atomic E-state index is 11.3. The third kappa shape index (κ3) is 2.97. The molecule has 0 radical (unpaired) electrons. The molecule has 1 aromatic carbocycles. The first-order chi connectivity index (χ1) is 9.02. The number of nitrogens with two attached hydrogens (primary N) is 1. The number of primary amides is 1. The first-order valence-electron chi connectivity index (χ1n) is 6.33. The van der Waals surface area contributed by atoms with E-state index >= 15 is 0 Å². The highest BCUT2D eigenvalue weighted by Crippen LogP contribution is 2.30. The predicted molar refractivity (Wildman–Crippen MR) is 78.3 cm³/mol. The molecule has 0 saturated carbocycles. The zero-order valence-corrected chi connectivity index (χ0v) is 12.4. The van der Waals surface area contributed by atoms with Crippen LogP contribution in [0.4, 0.5) is 5.69 Å². The van der Waals surface area contributed by atoms with E-state index in [0.717, 1.165) is 29.3 Å². The average Bonchev–Trinajstić information content (AvgIpc) is 2.38. The molecule has 4 nitrogen and oxygen atoms in total. The van der Waals surface area contributed by atoms with Gasteiger partial charge in [0.15, 0.2) is 6.29 Å². The Labute approximate surface area is 121 Å². The van der Waals surface area contributed by atoms with Gasteiger partial charge < -0.3 is 10.6 Å². The van der Waals surface area contributed by atoms with Gasteiger partial charge >= 0.3 is 0 Å². The smallest absolute Gasteiger partial charge is 0.222 e. The highest BCUT2D eigenvalue weighted by Gasteiger charge is 2.28. The molecule has 0 aromatic heterocycles. The molecule has 2 unspecified atom stereocenters. The van der Waals surface area contributed by atoms with Crippen LogP contribution in [0.2, 0.25) is 0 Å². The Hall–Kier alpha value is -1.36. The molecule has 1 heterocycles. The summed E-state index contributed by atoms with van der Waals surface area (Å²) in [5.74, 6) is -0.332. The van der Waals surface area contributed by atoms with Gasteiger partial charge in [0.05, 0.1) is 5.92 Å². The molecule has 1 amide bonds. The summed E-state index contributed by atoms with van der Waals surface area (Å²) in [5.41, 5.74) is 7.04. The van der Waals surface area contributed by atoms with Crippen molar-refractivity contribution in [3.63, 3.8) is 0 Å². The second-order valence-electron chi connectivity index (χ2n) is 5.00. The zero-order chi connectivity index (χ0) is 14.0. The molecular formula is C14H17BrN2O2. The third-order valence-corrected chi connectivity index (χ3v) is 4.41. The SMILES string of the molecule is CC1CCC(C(N)=O)CN1c1ccc(C=O)c(Br)c1. The van der Waals surface area contributed by atoms with Gasteiger partial charge in [-0.15, -0.1) is 0 Å². The minimum atomic E-state index is -0.236. The van der Waals surface area contributed by atoms with Gasteiger partial charge in [-0.25, -0.2) is 0 Å². The molecule has 0 aliphatic carbocycles. The van der Waals surface area contributed by atoms with E-state index in [1.54, 1.807) is 6.07 Å². The van der Waals surface area contributed by atoms with Crippen LogP contribution in [-0.2, 0) is 4.79 Å². The number of rotatable bonds is 3. The molecule has 2 rings (SSSR count). The number of anilines is 1. The van der Waals surface area contributed by atoms with Gasteiger partial charge in [-0.2, -0.15) is 0 Å². The Kier molecular flexibility index (Phi) is 4.24. The number of benzene rings is 1. The summed E-state index contributed by atoms with van der Waals surface area (Å²) < 4.78 is 0.772. The van der Waals surface area contributed by atoms with Crippen molar-refractivity contribution in [2.75, 3.05) is 11.4 Å². The topological polar surface area (TPSA) is 63.4 Å². The van der Waals surface area contributed by atoms with Crippen molar-refractivity contribution in [3.05, 3.63) is 28.2 Å². The number of hydrogen-bond donors (Lipinski definition) is 1. The fourth-order valence-electron chi connectivity index (χ4n) is 2.49. The van der Waals surface area contributed by atoms with E-state index in [1.807, 2.05) is 12.1 Å². The largest absolute Gasteiger partial charge is 0.369 e. The second-order valence-corrected chi connectivity index (χ2v) is 5.86.